The Kier molecular flexibility index (Phi) is 4.94. The van der Waals surface area contributed by atoms with E-state index in [0.29, 0.717) is 0 Å². The van der Waals surface area contributed by atoms with Crippen LogP contribution >= 0.6 is 0 Å². The molecule has 0 amide bonds. The lowest BCUT2D eigenvalue weighted by atomic mass is 10.1. The van der Waals surface area contributed by atoms with Gasteiger partial charge in [0, 0.05) is 37.5 Å². The van der Waals surface area contributed by atoms with Gasteiger partial charge in [-0.2, -0.15) is 9.68 Å². The van der Waals surface area contributed by atoms with Crippen molar-refractivity contribution in [3.8, 4) is 0 Å². The second-order valence-corrected chi connectivity index (χ2v) is 4.91. The summed E-state index contributed by atoms with van der Waals surface area (Å²) in [6, 6.07) is 0. The van der Waals surface area contributed by atoms with Gasteiger partial charge in [-0.05, 0) is 0 Å². The molecule has 0 spiro atoms. The van der Waals surface area contributed by atoms with Gasteiger partial charge in [0.15, 0.2) is 0 Å². The normalized spacial score (nSPS) is 11.8. The number of rotatable bonds is 8. The third-order valence-corrected chi connectivity index (χ3v) is 2.03. The summed E-state index contributed by atoms with van der Waals surface area (Å²) in [5.41, 5.74) is -2.91. The van der Waals surface area contributed by atoms with Gasteiger partial charge in [-0.15, -0.1) is 0 Å². The van der Waals surface area contributed by atoms with Crippen LogP contribution in [0.15, 0.2) is 0 Å². The monoisotopic (exact) mass is 266 g/mol. The SMILES string of the molecule is CC(C)(CO[N+](=O)OCC(C)(C)[N+](=O)[O-])[N+](=O)[O-]. The number of hydrogen-bond acceptors (Lipinski definition) is 7. The first kappa shape index (κ1) is 16.0. The van der Waals surface area contributed by atoms with E-state index in [0.717, 1.165) is 0 Å². The van der Waals surface area contributed by atoms with Gasteiger partial charge >= 0.3 is 5.09 Å². The fraction of sp³-hybridized carbons (Fsp3) is 1.00. The molecule has 0 unspecified atom stereocenters. The molecule has 10 nitrogen and oxygen atoms in total. The van der Waals surface area contributed by atoms with Crippen molar-refractivity contribution in [2.45, 2.75) is 38.8 Å². The Morgan fingerprint density at radius 2 is 1.11 bits per heavy atom. The van der Waals surface area contributed by atoms with Crippen molar-refractivity contribution in [1.82, 2.24) is 0 Å². The van der Waals surface area contributed by atoms with Gasteiger partial charge < -0.3 is 0 Å². The summed E-state index contributed by atoms with van der Waals surface area (Å²) in [5, 5.41) is 20.7. The van der Waals surface area contributed by atoms with E-state index in [1.165, 1.54) is 27.7 Å². The number of hydrogen-bond donors (Lipinski definition) is 0. The molecule has 0 aliphatic carbocycles. The first-order valence-corrected chi connectivity index (χ1v) is 5.01. The van der Waals surface area contributed by atoms with Crippen LogP contribution in [0.4, 0.5) is 0 Å². The van der Waals surface area contributed by atoms with E-state index in [-0.39, 0.29) is 5.09 Å². The minimum Gasteiger partial charge on any atom is -0.264 e. The maximum Gasteiger partial charge on any atom is 0.478 e. The van der Waals surface area contributed by atoms with Crippen molar-refractivity contribution in [2.24, 2.45) is 0 Å². The Labute approximate surface area is 103 Å². The van der Waals surface area contributed by atoms with E-state index in [2.05, 4.69) is 9.68 Å². The van der Waals surface area contributed by atoms with Gasteiger partial charge in [-0.25, -0.2) is 0 Å². The second-order valence-electron chi connectivity index (χ2n) is 4.91. The zero-order valence-electron chi connectivity index (χ0n) is 10.6. The molecule has 0 aliphatic rings. The summed E-state index contributed by atoms with van der Waals surface area (Å²) in [7, 11) is 0. The lowest BCUT2D eigenvalue weighted by molar-refractivity contribution is -0.987. The molecule has 0 bridgehead atoms. The quantitative estimate of drug-likeness (QED) is 0.468. The van der Waals surface area contributed by atoms with Crippen molar-refractivity contribution < 1.29 is 24.6 Å². The van der Waals surface area contributed by atoms with E-state index in [9.17, 15) is 25.1 Å². The van der Waals surface area contributed by atoms with Gasteiger partial charge in [0.25, 0.3) is 11.1 Å². The van der Waals surface area contributed by atoms with Crippen LogP contribution in [0.25, 0.3) is 0 Å². The standard InChI is InChI=1S/C8H16N3O7/c1-7(2,9(12)13)5-17-11(16)18-6-8(3,4)10(14)15/h5-6H2,1-4H3/q+1. The predicted octanol–water partition coefficient (Wildman–Crippen LogP) is 0.739. The van der Waals surface area contributed by atoms with Crippen molar-refractivity contribution >= 4 is 0 Å². The molecular formula is C8H16N3O7+. The van der Waals surface area contributed by atoms with Gasteiger partial charge in [-0.3, -0.25) is 20.2 Å². The maximum absolute atomic E-state index is 11.0. The third kappa shape index (κ3) is 4.89. The average molecular weight is 266 g/mol. The van der Waals surface area contributed by atoms with Crippen LogP contribution in [-0.2, 0) is 9.68 Å². The minimum atomic E-state index is -1.45. The molecule has 0 aromatic carbocycles. The van der Waals surface area contributed by atoms with Crippen molar-refractivity contribution in [1.29, 1.82) is 0 Å². The van der Waals surface area contributed by atoms with Crippen LogP contribution in [0.1, 0.15) is 27.7 Å². The number of nitro groups is 2. The highest BCUT2D eigenvalue weighted by Gasteiger charge is 2.39. The van der Waals surface area contributed by atoms with Crippen LogP contribution < -0.4 is 0 Å². The van der Waals surface area contributed by atoms with Crippen molar-refractivity contribution in [3.05, 3.63) is 25.1 Å². The fourth-order valence-electron chi connectivity index (χ4n) is 0.564. The molecule has 10 heteroatoms. The molecule has 0 rings (SSSR count). The Balaban J connectivity index is 4.16. The molecule has 0 atom stereocenters. The van der Waals surface area contributed by atoms with Crippen LogP contribution in [0, 0.1) is 25.1 Å². The molecule has 0 radical (unpaired) electrons. The molecule has 0 aromatic heterocycles. The Bertz CT molecular complexity index is 321. The van der Waals surface area contributed by atoms with Crippen LogP contribution in [0.5, 0.6) is 0 Å². The van der Waals surface area contributed by atoms with Crippen LogP contribution in [0.2, 0.25) is 0 Å². The summed E-state index contributed by atoms with van der Waals surface area (Å²) in [6.45, 7) is 4.04. The van der Waals surface area contributed by atoms with Crippen molar-refractivity contribution in [2.75, 3.05) is 13.2 Å². The highest BCUT2D eigenvalue weighted by molar-refractivity contribution is 4.64. The molecule has 0 aliphatic heterocycles. The van der Waals surface area contributed by atoms with E-state index in [4.69, 9.17) is 0 Å². The summed E-state index contributed by atoms with van der Waals surface area (Å²) >= 11 is 0. The first-order valence-electron chi connectivity index (χ1n) is 5.01. The predicted molar refractivity (Wildman–Crippen MR) is 57.7 cm³/mol. The molecule has 104 valence electrons. The van der Waals surface area contributed by atoms with E-state index < -0.39 is 34.1 Å². The molecule has 0 saturated carbocycles. The van der Waals surface area contributed by atoms with Crippen molar-refractivity contribution in [3.63, 3.8) is 0 Å². The Morgan fingerprint density at radius 1 is 0.833 bits per heavy atom. The smallest absolute Gasteiger partial charge is 0.264 e. The largest absolute Gasteiger partial charge is 0.478 e. The minimum absolute atomic E-state index is 0.351. The molecule has 0 aromatic rings. The highest BCUT2D eigenvalue weighted by atomic mass is 17.0. The Morgan fingerprint density at radius 3 is 1.33 bits per heavy atom. The van der Waals surface area contributed by atoms with Crippen LogP contribution in [-0.4, -0.2) is 39.2 Å². The zero-order valence-corrected chi connectivity index (χ0v) is 10.6. The topological polar surface area (TPSA) is 125 Å². The van der Waals surface area contributed by atoms with Gasteiger partial charge in [0.2, 0.25) is 13.2 Å². The van der Waals surface area contributed by atoms with Crippen LogP contribution in [0.3, 0.4) is 0 Å². The molecule has 0 fully saturated rings. The molecule has 18 heavy (non-hydrogen) atoms. The Hall–Kier alpha value is -2.00. The number of nitrogens with zero attached hydrogens (tertiary/aromatic N) is 3. The first-order chi connectivity index (χ1) is 7.99. The molecular weight excluding hydrogens is 250 g/mol. The summed E-state index contributed by atoms with van der Waals surface area (Å²) in [4.78, 5) is 39.7. The second kappa shape index (κ2) is 5.56. The van der Waals surface area contributed by atoms with E-state index >= 15 is 0 Å². The molecule has 0 heterocycles. The lowest BCUT2D eigenvalue weighted by Crippen LogP contribution is -2.40. The summed E-state index contributed by atoms with van der Waals surface area (Å²) in [6.07, 6.45) is 0. The average Bonchev–Trinajstić information content (AvgIpc) is 2.23. The van der Waals surface area contributed by atoms with Gasteiger partial charge in [0.1, 0.15) is 4.91 Å². The van der Waals surface area contributed by atoms with Gasteiger partial charge in [-0.1, -0.05) is 0 Å². The molecule has 0 N–H and O–H groups in total. The summed E-state index contributed by atoms with van der Waals surface area (Å²) < 4.78 is 0. The summed E-state index contributed by atoms with van der Waals surface area (Å²) in [5.74, 6) is 0. The lowest BCUT2D eigenvalue weighted by Gasteiger charge is -2.12. The van der Waals surface area contributed by atoms with E-state index in [1.807, 2.05) is 0 Å². The van der Waals surface area contributed by atoms with Gasteiger partial charge in [0.05, 0.1) is 0 Å². The third-order valence-electron chi connectivity index (χ3n) is 2.03. The highest BCUT2D eigenvalue weighted by Crippen LogP contribution is 2.10. The zero-order chi connectivity index (χ0) is 14.6. The molecule has 0 saturated heterocycles. The fourth-order valence-corrected chi connectivity index (χ4v) is 0.564. The maximum atomic E-state index is 11.0. The van der Waals surface area contributed by atoms with E-state index in [1.54, 1.807) is 0 Å².